The lowest BCUT2D eigenvalue weighted by Crippen LogP contribution is -2.17. The number of nitrogens with one attached hydrogen (secondary N) is 1. The molecule has 7 heteroatoms. The molecule has 2 rings (SSSR count). The van der Waals surface area contributed by atoms with Crippen LogP contribution in [0.4, 0.5) is 0 Å². The van der Waals surface area contributed by atoms with Gasteiger partial charge in [-0.3, -0.25) is 4.79 Å². The third kappa shape index (κ3) is 2.53. The maximum atomic E-state index is 11.0. The Kier molecular flexibility index (Phi) is 3.80. The molecule has 1 heterocycles. The first-order valence-corrected chi connectivity index (χ1v) is 6.04. The van der Waals surface area contributed by atoms with Gasteiger partial charge in [-0.2, -0.15) is 0 Å². The van der Waals surface area contributed by atoms with Crippen molar-refractivity contribution in [3.8, 4) is 11.5 Å². The van der Waals surface area contributed by atoms with Crippen molar-refractivity contribution in [3.05, 3.63) is 23.3 Å². The van der Waals surface area contributed by atoms with Crippen LogP contribution in [0.2, 0.25) is 0 Å². The van der Waals surface area contributed by atoms with Gasteiger partial charge in [0.2, 0.25) is 0 Å². The number of ether oxygens (including phenoxy) is 1. The zero-order chi connectivity index (χ0) is 14.9. The molecule has 1 aliphatic rings. The number of rotatable bonds is 4. The highest BCUT2D eigenvalue weighted by atomic mass is 16.5. The molecule has 0 spiro atoms. The summed E-state index contributed by atoms with van der Waals surface area (Å²) in [6.07, 6.45) is 0.343. The lowest BCUT2D eigenvalue weighted by atomic mass is 9.97. The molecule has 0 radical (unpaired) electrons. The van der Waals surface area contributed by atoms with Crippen LogP contribution in [-0.2, 0) is 4.79 Å². The average Bonchev–Trinajstić information content (AvgIpc) is 2.87. The largest absolute Gasteiger partial charge is 0.507 e. The highest BCUT2D eigenvalue weighted by Crippen LogP contribution is 2.37. The molecule has 1 fully saturated rings. The molecule has 0 bridgehead atoms. The number of carboxylic acids is 2. The molecular weight excluding hydrogens is 266 g/mol. The highest BCUT2D eigenvalue weighted by Gasteiger charge is 2.32. The van der Waals surface area contributed by atoms with E-state index in [1.807, 2.05) is 0 Å². The van der Waals surface area contributed by atoms with Crippen molar-refractivity contribution in [2.75, 3.05) is 13.7 Å². The normalized spacial score (nSPS) is 21.6. The average molecular weight is 281 g/mol. The van der Waals surface area contributed by atoms with Gasteiger partial charge in [0.05, 0.1) is 13.0 Å². The van der Waals surface area contributed by atoms with Crippen LogP contribution < -0.4 is 10.1 Å². The van der Waals surface area contributed by atoms with Gasteiger partial charge in [0, 0.05) is 24.2 Å². The number of carbonyl (C=O) groups is 2. The number of hydrogen-bond donors (Lipinski definition) is 4. The second kappa shape index (κ2) is 5.38. The van der Waals surface area contributed by atoms with Crippen LogP contribution in [0.15, 0.2) is 12.1 Å². The molecule has 1 aromatic carbocycles. The molecule has 4 N–H and O–H groups in total. The Bertz CT molecular complexity index is 556. The summed E-state index contributed by atoms with van der Waals surface area (Å²) in [4.78, 5) is 22.0. The summed E-state index contributed by atoms with van der Waals surface area (Å²) in [6.45, 7) is 0.312. The summed E-state index contributed by atoms with van der Waals surface area (Å²) < 4.78 is 5.13. The summed E-state index contributed by atoms with van der Waals surface area (Å²) in [6, 6.07) is 2.23. The molecule has 7 nitrogen and oxygen atoms in total. The fourth-order valence-electron chi connectivity index (χ4n) is 2.37. The van der Waals surface area contributed by atoms with Crippen LogP contribution in [0.5, 0.6) is 11.5 Å². The van der Waals surface area contributed by atoms with Gasteiger partial charge in [0.25, 0.3) is 0 Å². The summed E-state index contributed by atoms with van der Waals surface area (Å²) >= 11 is 0. The zero-order valence-corrected chi connectivity index (χ0v) is 10.8. The van der Waals surface area contributed by atoms with Crippen LogP contribution >= 0.6 is 0 Å². The third-order valence-corrected chi connectivity index (χ3v) is 3.43. The Labute approximate surface area is 114 Å². The van der Waals surface area contributed by atoms with E-state index < -0.39 is 17.9 Å². The zero-order valence-electron chi connectivity index (χ0n) is 10.8. The van der Waals surface area contributed by atoms with E-state index >= 15 is 0 Å². The smallest absolute Gasteiger partial charge is 0.339 e. The molecule has 1 saturated heterocycles. The van der Waals surface area contributed by atoms with E-state index in [1.54, 1.807) is 0 Å². The molecule has 20 heavy (non-hydrogen) atoms. The minimum atomic E-state index is -1.25. The summed E-state index contributed by atoms with van der Waals surface area (Å²) in [5.74, 6) is -2.72. The molecule has 1 aromatic rings. The Hall–Kier alpha value is -2.28. The number of aromatic carboxylic acids is 1. The predicted octanol–water partition coefficient (Wildman–Crippen LogP) is 0.834. The number of methoxy groups -OCH3 is 1. The molecule has 2 unspecified atom stereocenters. The lowest BCUT2D eigenvalue weighted by Gasteiger charge is -2.16. The van der Waals surface area contributed by atoms with Crippen molar-refractivity contribution in [3.63, 3.8) is 0 Å². The maximum Gasteiger partial charge on any atom is 0.339 e. The van der Waals surface area contributed by atoms with Crippen LogP contribution in [0.3, 0.4) is 0 Å². The van der Waals surface area contributed by atoms with Gasteiger partial charge in [0.1, 0.15) is 17.1 Å². The van der Waals surface area contributed by atoms with Crippen LogP contribution in [-0.4, -0.2) is 40.9 Å². The number of phenols is 1. The SMILES string of the molecule is COc1cc(O)c(C(=O)O)cc1C1CC(C(=O)O)CN1. The van der Waals surface area contributed by atoms with Crippen molar-refractivity contribution >= 4 is 11.9 Å². The Morgan fingerprint density at radius 1 is 1.35 bits per heavy atom. The fraction of sp³-hybridized carbons (Fsp3) is 0.385. The topological polar surface area (TPSA) is 116 Å². The minimum Gasteiger partial charge on any atom is -0.507 e. The molecule has 1 aliphatic heterocycles. The van der Waals surface area contributed by atoms with Crippen molar-refractivity contribution < 1.29 is 29.6 Å². The molecule has 0 aliphatic carbocycles. The number of benzene rings is 1. The van der Waals surface area contributed by atoms with Gasteiger partial charge >= 0.3 is 11.9 Å². The summed E-state index contributed by atoms with van der Waals surface area (Å²) in [7, 11) is 1.41. The van der Waals surface area contributed by atoms with Crippen molar-refractivity contribution in [2.24, 2.45) is 5.92 Å². The van der Waals surface area contributed by atoms with Gasteiger partial charge in [0.15, 0.2) is 0 Å². The van der Waals surface area contributed by atoms with Gasteiger partial charge < -0.3 is 25.4 Å². The first-order chi connectivity index (χ1) is 9.43. The molecule has 0 aromatic heterocycles. The summed E-state index contributed by atoms with van der Waals surface area (Å²) in [5, 5.41) is 30.7. The van der Waals surface area contributed by atoms with E-state index in [0.717, 1.165) is 0 Å². The van der Waals surface area contributed by atoms with Crippen LogP contribution in [0.25, 0.3) is 0 Å². The van der Waals surface area contributed by atoms with Gasteiger partial charge in [-0.1, -0.05) is 0 Å². The molecular formula is C13H15NO6. The Morgan fingerprint density at radius 3 is 2.55 bits per heavy atom. The summed E-state index contributed by atoms with van der Waals surface area (Å²) in [5.41, 5.74) is 0.299. The number of hydrogen-bond acceptors (Lipinski definition) is 5. The van der Waals surface area contributed by atoms with Crippen LogP contribution in [0, 0.1) is 5.92 Å². The van der Waals surface area contributed by atoms with E-state index in [2.05, 4.69) is 5.32 Å². The van der Waals surface area contributed by atoms with Crippen molar-refractivity contribution in [1.29, 1.82) is 0 Å². The van der Waals surface area contributed by atoms with Crippen molar-refractivity contribution in [2.45, 2.75) is 12.5 Å². The molecule has 108 valence electrons. The van der Waals surface area contributed by atoms with Crippen molar-refractivity contribution in [1.82, 2.24) is 5.32 Å². The van der Waals surface area contributed by atoms with E-state index in [1.165, 1.54) is 19.2 Å². The van der Waals surface area contributed by atoms with E-state index in [9.17, 15) is 14.7 Å². The quantitative estimate of drug-likeness (QED) is 0.646. The monoisotopic (exact) mass is 281 g/mol. The predicted molar refractivity (Wildman–Crippen MR) is 68.1 cm³/mol. The standard InChI is InChI=1S/C13H15NO6/c1-20-11-4-10(15)8(13(18)19)3-7(11)9-2-6(5-14-9)12(16)17/h3-4,6,9,14-15H,2,5H2,1H3,(H,16,17)(H,18,19). The molecule has 0 amide bonds. The van der Waals surface area contributed by atoms with Gasteiger partial charge in [-0.05, 0) is 12.5 Å². The van der Waals surface area contributed by atoms with E-state index in [4.69, 9.17) is 14.9 Å². The Balaban J connectivity index is 2.38. The number of aromatic hydroxyl groups is 1. The van der Waals surface area contributed by atoms with Gasteiger partial charge in [-0.25, -0.2) is 4.79 Å². The molecule has 2 atom stereocenters. The fourth-order valence-corrected chi connectivity index (χ4v) is 2.37. The number of aliphatic carboxylic acids is 1. The third-order valence-electron chi connectivity index (χ3n) is 3.43. The Morgan fingerprint density at radius 2 is 2.05 bits per heavy atom. The van der Waals surface area contributed by atoms with E-state index in [-0.39, 0.29) is 17.4 Å². The second-order valence-electron chi connectivity index (χ2n) is 4.65. The van der Waals surface area contributed by atoms with Gasteiger partial charge in [-0.15, -0.1) is 0 Å². The lowest BCUT2D eigenvalue weighted by molar-refractivity contribution is -0.141. The highest BCUT2D eigenvalue weighted by molar-refractivity contribution is 5.91. The minimum absolute atomic E-state index is 0.235. The first-order valence-electron chi connectivity index (χ1n) is 6.04. The first kappa shape index (κ1) is 14.1. The molecule has 0 saturated carbocycles. The van der Waals surface area contributed by atoms with Crippen LogP contribution in [0.1, 0.15) is 28.4 Å². The van der Waals surface area contributed by atoms with E-state index in [0.29, 0.717) is 24.3 Å². The maximum absolute atomic E-state index is 11.0. The number of carboxylic acid groups (broad SMARTS) is 2. The second-order valence-corrected chi connectivity index (χ2v) is 4.65.